The summed E-state index contributed by atoms with van der Waals surface area (Å²) in [6, 6.07) is 13.3. The standard InChI is InChI=1S/C22H17BrClN3OS/c1-13-8-14(2)20-19(9-13)29-22(26-20)27(12-15-4-3-7-25-11-15)21(28)17-10-16(23)5-6-18(17)24/h3-11H,12H2,1-2H3. The smallest absolute Gasteiger partial charge is 0.261 e. The zero-order valence-corrected chi connectivity index (χ0v) is 19.0. The van der Waals surface area contributed by atoms with Crippen molar-refractivity contribution >= 4 is 60.1 Å². The van der Waals surface area contributed by atoms with Gasteiger partial charge in [0.25, 0.3) is 5.91 Å². The van der Waals surface area contributed by atoms with Crippen LogP contribution in [0, 0.1) is 13.8 Å². The van der Waals surface area contributed by atoms with Gasteiger partial charge in [0.1, 0.15) is 0 Å². The van der Waals surface area contributed by atoms with E-state index in [2.05, 4.69) is 40.0 Å². The average Bonchev–Trinajstić information content (AvgIpc) is 3.12. The second-order valence-corrected chi connectivity index (χ2v) is 9.13. The van der Waals surface area contributed by atoms with Crippen LogP contribution in [0.2, 0.25) is 5.02 Å². The monoisotopic (exact) mass is 485 g/mol. The number of benzene rings is 2. The van der Waals surface area contributed by atoms with Crippen molar-refractivity contribution in [2.24, 2.45) is 0 Å². The SMILES string of the molecule is Cc1cc(C)c2nc(N(Cc3cccnc3)C(=O)c3cc(Br)ccc3Cl)sc2c1. The molecule has 0 atom stereocenters. The van der Waals surface area contributed by atoms with Gasteiger partial charge in [0.2, 0.25) is 0 Å². The molecule has 2 aromatic carbocycles. The molecule has 0 saturated heterocycles. The Kier molecular flexibility index (Phi) is 5.67. The normalized spacial score (nSPS) is 11.0. The van der Waals surface area contributed by atoms with Crippen molar-refractivity contribution in [3.05, 3.63) is 86.6 Å². The summed E-state index contributed by atoms with van der Waals surface area (Å²) in [5.41, 5.74) is 4.53. The minimum atomic E-state index is -0.200. The number of nitrogens with zero attached hydrogens (tertiary/aromatic N) is 3. The number of carbonyl (C=O) groups is 1. The number of thiazole rings is 1. The lowest BCUT2D eigenvalue weighted by Crippen LogP contribution is -2.30. The van der Waals surface area contributed by atoms with Gasteiger partial charge in [-0.05, 0) is 60.9 Å². The maximum absolute atomic E-state index is 13.5. The van der Waals surface area contributed by atoms with E-state index in [0.29, 0.717) is 22.3 Å². The van der Waals surface area contributed by atoms with E-state index >= 15 is 0 Å². The summed E-state index contributed by atoms with van der Waals surface area (Å²) in [5.74, 6) is -0.200. The number of hydrogen-bond donors (Lipinski definition) is 0. The number of rotatable bonds is 4. The van der Waals surface area contributed by atoms with E-state index in [0.717, 1.165) is 25.8 Å². The number of fused-ring (bicyclic) bond motifs is 1. The predicted molar refractivity (Wildman–Crippen MR) is 123 cm³/mol. The van der Waals surface area contributed by atoms with Crippen LogP contribution in [-0.4, -0.2) is 15.9 Å². The second kappa shape index (κ2) is 8.22. The van der Waals surface area contributed by atoms with Gasteiger partial charge < -0.3 is 0 Å². The maximum Gasteiger partial charge on any atom is 0.261 e. The lowest BCUT2D eigenvalue weighted by molar-refractivity contribution is 0.0985. The third-order valence-corrected chi connectivity index (χ3v) is 6.37. The fourth-order valence-corrected chi connectivity index (χ4v) is 4.88. The molecule has 0 aliphatic rings. The van der Waals surface area contributed by atoms with Crippen molar-refractivity contribution in [2.45, 2.75) is 20.4 Å². The second-order valence-electron chi connectivity index (χ2n) is 6.80. The third-order valence-electron chi connectivity index (χ3n) is 4.52. The number of pyridine rings is 1. The predicted octanol–water partition coefficient (Wildman–Crippen LogP) is 6.57. The molecular formula is C22H17BrClN3OS. The maximum atomic E-state index is 13.5. The Morgan fingerprint density at radius 2 is 2.03 bits per heavy atom. The molecule has 2 aromatic heterocycles. The van der Waals surface area contributed by atoms with Crippen molar-refractivity contribution in [3.63, 3.8) is 0 Å². The topological polar surface area (TPSA) is 46.1 Å². The molecule has 0 spiro atoms. The highest BCUT2D eigenvalue weighted by atomic mass is 79.9. The van der Waals surface area contributed by atoms with Gasteiger partial charge in [0, 0.05) is 16.9 Å². The minimum absolute atomic E-state index is 0.200. The van der Waals surface area contributed by atoms with Gasteiger partial charge in [-0.25, -0.2) is 4.98 Å². The molecule has 146 valence electrons. The molecule has 0 fully saturated rings. The highest BCUT2D eigenvalue weighted by Crippen LogP contribution is 2.34. The van der Waals surface area contributed by atoms with Crippen LogP contribution in [-0.2, 0) is 6.54 Å². The number of anilines is 1. The molecule has 0 unspecified atom stereocenters. The Hall–Kier alpha value is -2.28. The highest BCUT2D eigenvalue weighted by molar-refractivity contribution is 9.10. The van der Waals surface area contributed by atoms with Gasteiger partial charge in [-0.2, -0.15) is 0 Å². The Bertz CT molecular complexity index is 1210. The Labute approximate surface area is 186 Å². The van der Waals surface area contributed by atoms with E-state index in [9.17, 15) is 4.79 Å². The first kappa shape index (κ1) is 20.0. The van der Waals surface area contributed by atoms with Gasteiger partial charge in [0.05, 0.1) is 27.3 Å². The van der Waals surface area contributed by atoms with Crippen LogP contribution in [0.25, 0.3) is 10.2 Å². The molecule has 0 N–H and O–H groups in total. The van der Waals surface area contributed by atoms with Crippen molar-refractivity contribution < 1.29 is 4.79 Å². The molecule has 0 aliphatic heterocycles. The van der Waals surface area contributed by atoms with Crippen molar-refractivity contribution in [1.29, 1.82) is 0 Å². The van der Waals surface area contributed by atoms with Crippen LogP contribution in [0.4, 0.5) is 5.13 Å². The van der Waals surface area contributed by atoms with Crippen LogP contribution >= 0.6 is 38.9 Å². The van der Waals surface area contributed by atoms with Crippen LogP contribution in [0.3, 0.4) is 0 Å². The molecular weight excluding hydrogens is 470 g/mol. The van der Waals surface area contributed by atoms with Gasteiger partial charge >= 0.3 is 0 Å². The van der Waals surface area contributed by atoms with E-state index in [1.807, 2.05) is 25.1 Å². The Morgan fingerprint density at radius 1 is 1.21 bits per heavy atom. The number of aryl methyl sites for hydroxylation is 2. The molecule has 2 heterocycles. The van der Waals surface area contributed by atoms with Crippen LogP contribution in [0.5, 0.6) is 0 Å². The van der Waals surface area contributed by atoms with E-state index in [4.69, 9.17) is 16.6 Å². The summed E-state index contributed by atoms with van der Waals surface area (Å²) in [7, 11) is 0. The third kappa shape index (κ3) is 4.20. The fraction of sp³-hybridized carbons (Fsp3) is 0.136. The molecule has 0 saturated carbocycles. The number of hydrogen-bond acceptors (Lipinski definition) is 4. The molecule has 0 bridgehead atoms. The van der Waals surface area contributed by atoms with Crippen LogP contribution in [0.1, 0.15) is 27.0 Å². The van der Waals surface area contributed by atoms with Gasteiger partial charge in [-0.3, -0.25) is 14.7 Å². The van der Waals surface area contributed by atoms with Crippen molar-refractivity contribution in [1.82, 2.24) is 9.97 Å². The first-order valence-electron chi connectivity index (χ1n) is 8.96. The molecule has 0 radical (unpaired) electrons. The number of amides is 1. The van der Waals surface area contributed by atoms with Crippen molar-refractivity contribution in [3.8, 4) is 0 Å². The summed E-state index contributed by atoms with van der Waals surface area (Å²) in [5, 5.41) is 1.04. The van der Waals surface area contributed by atoms with E-state index in [1.165, 1.54) is 16.9 Å². The Morgan fingerprint density at radius 3 is 2.79 bits per heavy atom. The summed E-state index contributed by atoms with van der Waals surface area (Å²) in [6.45, 7) is 4.45. The van der Waals surface area contributed by atoms with Gasteiger partial charge in [-0.15, -0.1) is 0 Å². The minimum Gasteiger partial charge on any atom is -0.279 e. The van der Waals surface area contributed by atoms with E-state index in [-0.39, 0.29) is 5.91 Å². The summed E-state index contributed by atoms with van der Waals surface area (Å²) >= 11 is 11.3. The van der Waals surface area contributed by atoms with E-state index < -0.39 is 0 Å². The first-order valence-corrected chi connectivity index (χ1v) is 10.9. The quantitative estimate of drug-likeness (QED) is 0.328. The highest BCUT2D eigenvalue weighted by Gasteiger charge is 2.24. The zero-order valence-electron chi connectivity index (χ0n) is 15.8. The molecule has 4 rings (SSSR count). The summed E-state index contributed by atoms with van der Waals surface area (Å²) < 4.78 is 1.85. The number of carbonyl (C=O) groups excluding carboxylic acids is 1. The van der Waals surface area contributed by atoms with Gasteiger partial charge in [-0.1, -0.05) is 51.0 Å². The largest absolute Gasteiger partial charge is 0.279 e. The fourth-order valence-electron chi connectivity index (χ4n) is 3.18. The van der Waals surface area contributed by atoms with Crippen molar-refractivity contribution in [2.75, 3.05) is 4.90 Å². The summed E-state index contributed by atoms with van der Waals surface area (Å²) in [4.78, 5) is 24.2. The molecule has 4 aromatic rings. The molecule has 1 amide bonds. The first-order chi connectivity index (χ1) is 13.9. The van der Waals surface area contributed by atoms with Crippen LogP contribution < -0.4 is 4.90 Å². The van der Waals surface area contributed by atoms with Crippen LogP contribution in [0.15, 0.2) is 59.3 Å². The molecule has 4 nitrogen and oxygen atoms in total. The zero-order chi connectivity index (χ0) is 20.5. The molecule has 7 heteroatoms. The van der Waals surface area contributed by atoms with Gasteiger partial charge in [0.15, 0.2) is 5.13 Å². The molecule has 0 aliphatic carbocycles. The Balaban J connectivity index is 1.83. The average molecular weight is 487 g/mol. The number of halogens is 2. The van der Waals surface area contributed by atoms with E-state index in [1.54, 1.807) is 29.4 Å². The lowest BCUT2D eigenvalue weighted by atomic mass is 10.1. The summed E-state index contributed by atoms with van der Waals surface area (Å²) in [6.07, 6.45) is 3.47. The lowest BCUT2D eigenvalue weighted by Gasteiger charge is -2.20. The molecule has 29 heavy (non-hydrogen) atoms. The number of aromatic nitrogens is 2.